The summed E-state index contributed by atoms with van der Waals surface area (Å²) in [5.74, 6) is 2.20. The van der Waals surface area contributed by atoms with Crippen molar-refractivity contribution in [2.24, 2.45) is 5.41 Å². The van der Waals surface area contributed by atoms with Crippen LogP contribution in [0.5, 0.6) is 0 Å². The first-order valence-electron chi connectivity index (χ1n) is 5.92. The van der Waals surface area contributed by atoms with Gasteiger partial charge in [0.1, 0.15) is 0 Å². The van der Waals surface area contributed by atoms with Crippen molar-refractivity contribution in [3.63, 3.8) is 0 Å². The average Bonchev–Trinajstić information content (AvgIpc) is 2.36. The molecule has 17 heavy (non-hydrogen) atoms. The smallest absolute Gasteiger partial charge is 0.0697 e. The van der Waals surface area contributed by atoms with Crippen LogP contribution in [0.15, 0.2) is 24.3 Å². The number of hydrogen-bond donors (Lipinski definition) is 1. The molecule has 2 rings (SSSR count). The van der Waals surface area contributed by atoms with Gasteiger partial charge in [0.25, 0.3) is 0 Å². The molecule has 1 unspecified atom stereocenters. The minimum Gasteiger partial charge on any atom is -0.308 e. The van der Waals surface area contributed by atoms with Crippen LogP contribution in [0.4, 0.5) is 0 Å². The average molecular weight is 246 g/mol. The maximum atomic E-state index is 9.02. The molecular weight excluding hydrogens is 228 g/mol. The van der Waals surface area contributed by atoms with E-state index in [0.717, 1.165) is 18.1 Å². The zero-order chi connectivity index (χ0) is 12.3. The summed E-state index contributed by atoms with van der Waals surface area (Å²) in [7, 11) is 0. The fourth-order valence-electron chi connectivity index (χ4n) is 1.97. The second kappa shape index (κ2) is 5.12. The molecule has 0 saturated heterocycles. The Hall–Kier alpha value is -0.980. The molecule has 0 spiro atoms. The van der Waals surface area contributed by atoms with Gasteiger partial charge >= 0.3 is 0 Å². The van der Waals surface area contributed by atoms with E-state index in [2.05, 4.69) is 35.7 Å². The lowest BCUT2D eigenvalue weighted by Crippen LogP contribution is -2.34. The lowest BCUT2D eigenvalue weighted by atomic mass is 9.94. The van der Waals surface area contributed by atoms with Gasteiger partial charge in [-0.05, 0) is 25.0 Å². The van der Waals surface area contributed by atoms with Gasteiger partial charge in [-0.2, -0.15) is 17.0 Å². The molecule has 0 radical (unpaired) electrons. The highest BCUT2D eigenvalue weighted by Crippen LogP contribution is 2.31. The van der Waals surface area contributed by atoms with Crippen LogP contribution in [-0.4, -0.2) is 12.3 Å². The third-order valence-electron chi connectivity index (χ3n) is 3.07. The second-order valence-corrected chi connectivity index (χ2v) is 6.17. The van der Waals surface area contributed by atoms with Crippen molar-refractivity contribution in [1.82, 2.24) is 5.32 Å². The molecule has 1 atom stereocenters. The molecule has 1 aliphatic heterocycles. The second-order valence-electron chi connectivity index (χ2n) is 5.14. The number of nitriles is 1. The molecule has 3 heteroatoms. The van der Waals surface area contributed by atoms with E-state index < -0.39 is 0 Å². The summed E-state index contributed by atoms with van der Waals surface area (Å²) in [5, 5.41) is 12.5. The number of thioether (sulfide) groups is 1. The van der Waals surface area contributed by atoms with Crippen LogP contribution in [-0.2, 0) is 5.75 Å². The molecule has 1 N–H and O–H groups in total. The summed E-state index contributed by atoms with van der Waals surface area (Å²) in [4.78, 5) is 0. The summed E-state index contributed by atoms with van der Waals surface area (Å²) in [5.41, 5.74) is 2.54. The number of hydrogen-bond acceptors (Lipinski definition) is 3. The Morgan fingerprint density at radius 2 is 2.24 bits per heavy atom. The summed E-state index contributed by atoms with van der Waals surface area (Å²) in [6, 6.07) is 11.3. The van der Waals surface area contributed by atoms with E-state index in [-0.39, 0.29) is 5.41 Å². The normalized spacial score (nSPS) is 19.5. The molecular formula is C14H18N2S. The highest BCUT2D eigenvalue weighted by atomic mass is 32.2. The monoisotopic (exact) mass is 246 g/mol. The van der Waals surface area contributed by atoms with Gasteiger partial charge in [-0.25, -0.2) is 0 Å². The van der Waals surface area contributed by atoms with Gasteiger partial charge in [-0.1, -0.05) is 24.3 Å². The zero-order valence-electron chi connectivity index (χ0n) is 10.4. The quantitative estimate of drug-likeness (QED) is 0.890. The van der Waals surface area contributed by atoms with E-state index >= 15 is 0 Å². The Labute approximate surface area is 107 Å². The molecule has 0 bridgehead atoms. The molecule has 90 valence electrons. The Balaban J connectivity index is 2.07. The summed E-state index contributed by atoms with van der Waals surface area (Å²) < 4.78 is 0. The number of nitrogens with zero attached hydrogens (tertiary/aromatic N) is 1. The Bertz CT molecular complexity index is 434. The van der Waals surface area contributed by atoms with Gasteiger partial charge in [-0.15, -0.1) is 0 Å². The van der Waals surface area contributed by atoms with E-state index in [0.29, 0.717) is 6.04 Å². The van der Waals surface area contributed by atoms with Crippen molar-refractivity contribution in [2.75, 3.05) is 12.3 Å². The lowest BCUT2D eigenvalue weighted by Gasteiger charge is -2.28. The van der Waals surface area contributed by atoms with Gasteiger partial charge in [0.05, 0.1) is 11.5 Å². The van der Waals surface area contributed by atoms with Crippen LogP contribution in [0.2, 0.25) is 0 Å². The van der Waals surface area contributed by atoms with Gasteiger partial charge in [-0.3, -0.25) is 0 Å². The summed E-state index contributed by atoms with van der Waals surface area (Å²) in [6.45, 7) is 4.69. The van der Waals surface area contributed by atoms with Gasteiger partial charge < -0.3 is 5.32 Å². The van der Waals surface area contributed by atoms with Crippen LogP contribution in [0, 0.1) is 16.7 Å². The predicted molar refractivity (Wildman–Crippen MR) is 72.7 cm³/mol. The Kier molecular flexibility index (Phi) is 3.76. The minimum atomic E-state index is -0.295. The highest BCUT2D eigenvalue weighted by Gasteiger charge is 2.23. The summed E-state index contributed by atoms with van der Waals surface area (Å²) >= 11 is 1.96. The lowest BCUT2D eigenvalue weighted by molar-refractivity contribution is 0.416. The first-order chi connectivity index (χ1) is 8.12. The van der Waals surface area contributed by atoms with Crippen LogP contribution < -0.4 is 5.32 Å². The third-order valence-corrected chi connectivity index (χ3v) is 4.15. The van der Waals surface area contributed by atoms with Crippen molar-refractivity contribution >= 4 is 11.8 Å². The predicted octanol–water partition coefficient (Wildman–Crippen LogP) is 3.11. The van der Waals surface area contributed by atoms with Crippen LogP contribution in [0.3, 0.4) is 0 Å². The molecule has 1 aromatic rings. The molecule has 0 aliphatic carbocycles. The van der Waals surface area contributed by atoms with E-state index in [9.17, 15) is 0 Å². The fraction of sp³-hybridized carbons (Fsp3) is 0.500. The van der Waals surface area contributed by atoms with Gasteiger partial charge in [0.15, 0.2) is 0 Å². The molecule has 1 aliphatic rings. The van der Waals surface area contributed by atoms with E-state index in [1.54, 1.807) is 0 Å². The Morgan fingerprint density at radius 3 is 3.00 bits per heavy atom. The number of nitrogens with one attached hydrogen (secondary N) is 1. The molecule has 2 nitrogen and oxygen atoms in total. The van der Waals surface area contributed by atoms with Crippen LogP contribution in [0.25, 0.3) is 0 Å². The molecule has 0 amide bonds. The maximum absolute atomic E-state index is 9.02. The van der Waals surface area contributed by atoms with Crippen molar-refractivity contribution in [3.05, 3.63) is 35.4 Å². The minimum absolute atomic E-state index is 0.295. The van der Waals surface area contributed by atoms with Crippen molar-refractivity contribution in [3.8, 4) is 6.07 Å². The first kappa shape index (κ1) is 12.5. The molecule has 0 aromatic heterocycles. The largest absolute Gasteiger partial charge is 0.308 e. The zero-order valence-corrected chi connectivity index (χ0v) is 11.2. The molecule has 0 fully saturated rings. The third kappa shape index (κ3) is 3.02. The Morgan fingerprint density at radius 1 is 1.47 bits per heavy atom. The van der Waals surface area contributed by atoms with Crippen molar-refractivity contribution < 1.29 is 0 Å². The number of rotatable bonds is 3. The molecule has 1 aromatic carbocycles. The number of benzene rings is 1. The number of fused-ring (bicyclic) bond motifs is 1. The maximum Gasteiger partial charge on any atom is 0.0697 e. The molecule has 0 saturated carbocycles. The topological polar surface area (TPSA) is 35.8 Å². The van der Waals surface area contributed by atoms with E-state index in [4.69, 9.17) is 5.26 Å². The van der Waals surface area contributed by atoms with Crippen molar-refractivity contribution in [2.45, 2.75) is 25.6 Å². The molecule has 1 heterocycles. The SMILES string of the molecule is CC(C)(C#N)CNC1CSCc2ccccc21. The standard InChI is InChI=1S/C14H18N2S/c1-14(2,9-15)10-16-13-8-17-7-11-5-3-4-6-12(11)13/h3-6,13,16H,7-8,10H2,1-2H3. The fourth-order valence-corrected chi connectivity index (χ4v) is 3.10. The van der Waals surface area contributed by atoms with Crippen LogP contribution >= 0.6 is 11.8 Å². The first-order valence-corrected chi connectivity index (χ1v) is 7.08. The van der Waals surface area contributed by atoms with Crippen molar-refractivity contribution in [1.29, 1.82) is 5.26 Å². The van der Waals surface area contributed by atoms with E-state index in [1.165, 1.54) is 11.1 Å². The van der Waals surface area contributed by atoms with Crippen LogP contribution in [0.1, 0.15) is 31.0 Å². The van der Waals surface area contributed by atoms with Gasteiger partial charge in [0.2, 0.25) is 0 Å². The van der Waals surface area contributed by atoms with E-state index in [1.807, 2.05) is 25.6 Å². The highest BCUT2D eigenvalue weighted by molar-refractivity contribution is 7.98. The van der Waals surface area contributed by atoms with Gasteiger partial charge in [0, 0.05) is 24.1 Å². The summed E-state index contributed by atoms with van der Waals surface area (Å²) in [6.07, 6.45) is 0.